The van der Waals surface area contributed by atoms with E-state index in [1.54, 1.807) is 24.9 Å². The van der Waals surface area contributed by atoms with E-state index in [-0.39, 0.29) is 17.2 Å². The molecule has 2 aromatic carbocycles. The first-order chi connectivity index (χ1) is 18.8. The number of benzene rings is 2. The number of aromatic nitrogens is 2. The van der Waals surface area contributed by atoms with Gasteiger partial charge in [0.2, 0.25) is 5.91 Å². The summed E-state index contributed by atoms with van der Waals surface area (Å²) in [6.45, 7) is 9.43. The quantitative estimate of drug-likeness (QED) is 0.158. The van der Waals surface area contributed by atoms with Crippen molar-refractivity contribution in [3.63, 3.8) is 0 Å². The van der Waals surface area contributed by atoms with E-state index in [0.29, 0.717) is 46.5 Å². The smallest absolute Gasteiger partial charge is 0.263 e. The Labute approximate surface area is 236 Å². The van der Waals surface area contributed by atoms with Gasteiger partial charge in [-0.3, -0.25) is 14.2 Å². The highest BCUT2D eigenvalue weighted by Crippen LogP contribution is 2.35. The Morgan fingerprint density at radius 2 is 1.87 bits per heavy atom. The number of thioether (sulfide) groups is 1. The van der Waals surface area contributed by atoms with Gasteiger partial charge in [-0.2, -0.15) is 0 Å². The summed E-state index contributed by atoms with van der Waals surface area (Å²) in [6.07, 6.45) is 2.43. The first kappa shape index (κ1) is 27.0. The number of allylic oxidation sites excluding steroid dienone is 1. The minimum atomic E-state index is -0.114. The van der Waals surface area contributed by atoms with Gasteiger partial charge in [0.25, 0.3) is 5.56 Å². The standard InChI is InChI=1S/C30H31N3O4S2/c1-6-10-33-29(35)27-23(21-8-7-18(2)19(3)12-21)16-38-28(27)31-30(33)39-17-26(34)32-11-9-20-13-24(36-4)25(37-5)14-22(20)15-32/h6-8,12-14,16H,1,9-11,15,17H2,2-5H3. The van der Waals surface area contributed by atoms with Gasteiger partial charge in [-0.15, -0.1) is 17.9 Å². The van der Waals surface area contributed by atoms with Crippen LogP contribution in [0, 0.1) is 13.8 Å². The Bertz CT molecular complexity index is 1640. The fourth-order valence-electron chi connectivity index (χ4n) is 4.84. The van der Waals surface area contributed by atoms with E-state index in [9.17, 15) is 9.59 Å². The molecule has 0 N–H and O–H groups in total. The molecule has 202 valence electrons. The van der Waals surface area contributed by atoms with Crippen molar-refractivity contribution in [2.75, 3.05) is 26.5 Å². The number of carbonyl (C=O) groups excluding carboxylic acids is 1. The minimum Gasteiger partial charge on any atom is -0.493 e. The Morgan fingerprint density at radius 1 is 1.13 bits per heavy atom. The topological polar surface area (TPSA) is 73.7 Å². The molecule has 5 rings (SSSR count). The van der Waals surface area contributed by atoms with Gasteiger partial charge < -0.3 is 14.4 Å². The third kappa shape index (κ3) is 5.21. The summed E-state index contributed by atoms with van der Waals surface area (Å²) in [5.74, 6) is 1.54. The highest BCUT2D eigenvalue weighted by atomic mass is 32.2. The average molecular weight is 562 g/mol. The maximum Gasteiger partial charge on any atom is 0.263 e. The third-order valence-electron chi connectivity index (χ3n) is 7.18. The zero-order valence-electron chi connectivity index (χ0n) is 22.6. The van der Waals surface area contributed by atoms with E-state index in [1.165, 1.54) is 34.2 Å². The first-order valence-electron chi connectivity index (χ1n) is 12.7. The summed E-state index contributed by atoms with van der Waals surface area (Å²) in [6, 6.07) is 10.2. The van der Waals surface area contributed by atoms with Gasteiger partial charge in [-0.05, 0) is 60.2 Å². The molecule has 0 unspecified atom stereocenters. The number of ether oxygens (including phenoxy) is 2. The molecule has 0 spiro atoms. The maximum atomic E-state index is 13.7. The second-order valence-electron chi connectivity index (χ2n) is 9.56. The van der Waals surface area contributed by atoms with Gasteiger partial charge in [0.05, 0.1) is 25.4 Å². The van der Waals surface area contributed by atoms with Gasteiger partial charge in [-0.25, -0.2) is 4.98 Å². The molecule has 39 heavy (non-hydrogen) atoms. The molecule has 0 fully saturated rings. The maximum absolute atomic E-state index is 13.7. The lowest BCUT2D eigenvalue weighted by molar-refractivity contribution is -0.129. The van der Waals surface area contributed by atoms with Gasteiger partial charge in [-0.1, -0.05) is 36.0 Å². The van der Waals surface area contributed by atoms with E-state index in [1.807, 2.05) is 28.5 Å². The fourth-order valence-corrected chi connectivity index (χ4v) is 6.74. The van der Waals surface area contributed by atoms with Crippen molar-refractivity contribution in [3.05, 3.63) is 81.0 Å². The Kier molecular flexibility index (Phi) is 7.81. The number of hydrogen-bond donors (Lipinski definition) is 0. The molecule has 0 saturated carbocycles. The van der Waals surface area contributed by atoms with Crippen LogP contribution in [0.1, 0.15) is 22.3 Å². The Morgan fingerprint density at radius 3 is 2.56 bits per heavy atom. The van der Waals surface area contributed by atoms with Crippen LogP contribution in [0.3, 0.4) is 0 Å². The van der Waals surface area contributed by atoms with Crippen molar-refractivity contribution in [1.29, 1.82) is 0 Å². The number of thiophene rings is 1. The minimum absolute atomic E-state index is 0.00179. The van der Waals surface area contributed by atoms with E-state index in [0.717, 1.165) is 28.7 Å². The molecule has 9 heteroatoms. The molecule has 1 aliphatic rings. The first-order valence-corrected chi connectivity index (χ1v) is 14.6. The highest BCUT2D eigenvalue weighted by Gasteiger charge is 2.24. The largest absolute Gasteiger partial charge is 0.493 e. The number of nitrogens with zero attached hydrogens (tertiary/aromatic N) is 3. The van der Waals surface area contributed by atoms with Crippen LogP contribution in [0.25, 0.3) is 21.3 Å². The van der Waals surface area contributed by atoms with Crippen molar-refractivity contribution < 1.29 is 14.3 Å². The van der Waals surface area contributed by atoms with E-state index in [2.05, 4.69) is 32.6 Å². The zero-order chi connectivity index (χ0) is 27.7. The van der Waals surface area contributed by atoms with Crippen LogP contribution in [-0.4, -0.2) is 46.9 Å². The number of aryl methyl sites for hydroxylation is 2. The molecule has 1 amide bonds. The van der Waals surface area contributed by atoms with Gasteiger partial charge in [0, 0.05) is 30.6 Å². The molecule has 0 radical (unpaired) electrons. The van der Waals surface area contributed by atoms with Crippen molar-refractivity contribution in [3.8, 4) is 22.6 Å². The molecule has 1 aliphatic heterocycles. The van der Waals surface area contributed by atoms with Crippen molar-refractivity contribution in [2.24, 2.45) is 0 Å². The van der Waals surface area contributed by atoms with Crippen LogP contribution >= 0.6 is 23.1 Å². The third-order valence-corrected chi connectivity index (χ3v) is 9.02. The van der Waals surface area contributed by atoms with Crippen LogP contribution in [0.4, 0.5) is 0 Å². The molecular weight excluding hydrogens is 530 g/mol. The highest BCUT2D eigenvalue weighted by molar-refractivity contribution is 7.99. The molecule has 0 saturated heterocycles. The number of carbonyl (C=O) groups is 1. The van der Waals surface area contributed by atoms with Crippen LogP contribution in [-0.2, 0) is 24.3 Å². The molecule has 3 heterocycles. The lowest BCUT2D eigenvalue weighted by atomic mass is 9.99. The fraction of sp³-hybridized carbons (Fsp3) is 0.300. The van der Waals surface area contributed by atoms with E-state index < -0.39 is 0 Å². The van der Waals surface area contributed by atoms with Crippen LogP contribution in [0.5, 0.6) is 11.5 Å². The Hall–Kier alpha value is -3.56. The molecular formula is C30H31N3O4S2. The predicted octanol–water partition coefficient (Wildman–Crippen LogP) is 5.62. The molecule has 7 nitrogen and oxygen atoms in total. The summed E-state index contributed by atoms with van der Waals surface area (Å²) in [5.41, 5.74) is 6.38. The monoisotopic (exact) mass is 561 g/mol. The number of hydrogen-bond acceptors (Lipinski definition) is 7. The van der Waals surface area contributed by atoms with Crippen molar-refractivity contribution in [1.82, 2.24) is 14.5 Å². The molecule has 0 bridgehead atoms. The summed E-state index contributed by atoms with van der Waals surface area (Å²) < 4.78 is 12.5. The molecule has 4 aromatic rings. The van der Waals surface area contributed by atoms with Crippen LogP contribution in [0.15, 0.2) is 58.3 Å². The zero-order valence-corrected chi connectivity index (χ0v) is 24.2. The normalized spacial score (nSPS) is 12.9. The number of amides is 1. The summed E-state index contributed by atoms with van der Waals surface area (Å²) in [4.78, 5) is 34.3. The molecule has 0 aliphatic carbocycles. The van der Waals surface area contributed by atoms with Crippen LogP contribution < -0.4 is 15.0 Å². The predicted molar refractivity (Wildman–Crippen MR) is 158 cm³/mol. The number of rotatable bonds is 8. The van der Waals surface area contributed by atoms with E-state index >= 15 is 0 Å². The molecule has 2 aromatic heterocycles. The second-order valence-corrected chi connectivity index (χ2v) is 11.4. The van der Waals surface area contributed by atoms with Gasteiger partial charge in [0.1, 0.15) is 4.83 Å². The molecule has 0 atom stereocenters. The summed E-state index contributed by atoms with van der Waals surface area (Å²) in [5, 5.41) is 3.13. The summed E-state index contributed by atoms with van der Waals surface area (Å²) in [7, 11) is 3.23. The van der Waals surface area contributed by atoms with Crippen LogP contribution in [0.2, 0.25) is 0 Å². The lowest BCUT2D eigenvalue weighted by Gasteiger charge is -2.29. The van der Waals surface area contributed by atoms with Gasteiger partial charge in [0.15, 0.2) is 16.7 Å². The number of fused-ring (bicyclic) bond motifs is 2. The SMILES string of the molecule is C=CCn1c(SCC(=O)N2CCc3cc(OC)c(OC)cc3C2)nc2scc(-c3ccc(C)c(C)c3)c2c1=O. The second kappa shape index (κ2) is 11.3. The van der Waals surface area contributed by atoms with Crippen molar-refractivity contribution >= 4 is 39.2 Å². The summed E-state index contributed by atoms with van der Waals surface area (Å²) >= 11 is 2.75. The Balaban J connectivity index is 1.39. The van der Waals surface area contributed by atoms with E-state index in [4.69, 9.17) is 14.5 Å². The van der Waals surface area contributed by atoms with Gasteiger partial charge >= 0.3 is 0 Å². The lowest BCUT2D eigenvalue weighted by Crippen LogP contribution is -2.37. The number of methoxy groups -OCH3 is 2. The average Bonchev–Trinajstić information content (AvgIpc) is 3.38. The van der Waals surface area contributed by atoms with Crippen molar-refractivity contribution in [2.45, 2.75) is 38.5 Å².